The second-order valence-electron chi connectivity index (χ2n) is 6.16. The molecule has 0 aliphatic heterocycles. The standard InChI is InChI=1S/C18H25NO4/c20-17(21)12-16(15-10-6-1-2-7-11-15)19-18(22)23-13-14-8-4-3-5-9-14/h3-5,8-9,15-16H,1-2,6-7,10-13H2,(H,19,22)(H,20,21). The van der Waals surface area contributed by atoms with Gasteiger partial charge in [-0.2, -0.15) is 0 Å². The highest BCUT2D eigenvalue weighted by atomic mass is 16.5. The Hall–Kier alpha value is -2.04. The molecule has 0 saturated heterocycles. The molecule has 1 aliphatic carbocycles. The highest BCUT2D eigenvalue weighted by molar-refractivity contribution is 5.71. The van der Waals surface area contributed by atoms with E-state index < -0.39 is 12.1 Å². The maximum atomic E-state index is 12.0. The third-order valence-corrected chi connectivity index (χ3v) is 4.38. The number of carbonyl (C=O) groups is 2. The molecule has 0 aromatic heterocycles. The first-order chi connectivity index (χ1) is 11.1. The second-order valence-corrected chi connectivity index (χ2v) is 6.16. The number of aliphatic carboxylic acids is 1. The number of hydrogen-bond donors (Lipinski definition) is 2. The van der Waals surface area contributed by atoms with Crippen LogP contribution in [0.1, 0.15) is 50.5 Å². The van der Waals surface area contributed by atoms with Gasteiger partial charge in [0.05, 0.1) is 6.42 Å². The largest absolute Gasteiger partial charge is 0.481 e. The van der Waals surface area contributed by atoms with E-state index in [-0.39, 0.29) is 25.0 Å². The number of hydrogen-bond acceptors (Lipinski definition) is 3. The van der Waals surface area contributed by atoms with E-state index in [1.165, 1.54) is 12.8 Å². The Balaban J connectivity index is 1.88. The van der Waals surface area contributed by atoms with Gasteiger partial charge in [0.25, 0.3) is 0 Å². The second kappa shape index (κ2) is 9.18. The van der Waals surface area contributed by atoms with Crippen molar-refractivity contribution in [1.82, 2.24) is 5.32 Å². The first-order valence-electron chi connectivity index (χ1n) is 8.34. The first-order valence-corrected chi connectivity index (χ1v) is 8.34. The zero-order chi connectivity index (χ0) is 16.5. The fourth-order valence-electron chi connectivity index (χ4n) is 3.15. The summed E-state index contributed by atoms with van der Waals surface area (Å²) in [6, 6.07) is 9.08. The van der Waals surface area contributed by atoms with Crippen LogP contribution in [0.15, 0.2) is 30.3 Å². The van der Waals surface area contributed by atoms with Crippen molar-refractivity contribution < 1.29 is 19.4 Å². The summed E-state index contributed by atoms with van der Waals surface area (Å²) in [7, 11) is 0. The van der Waals surface area contributed by atoms with Crippen LogP contribution in [0.2, 0.25) is 0 Å². The topological polar surface area (TPSA) is 75.6 Å². The van der Waals surface area contributed by atoms with Crippen molar-refractivity contribution in [3.8, 4) is 0 Å². The molecule has 0 radical (unpaired) electrons. The Labute approximate surface area is 137 Å². The number of ether oxygens (including phenoxy) is 1. The van der Waals surface area contributed by atoms with Gasteiger partial charge >= 0.3 is 12.1 Å². The van der Waals surface area contributed by atoms with E-state index in [2.05, 4.69) is 5.32 Å². The smallest absolute Gasteiger partial charge is 0.407 e. The van der Waals surface area contributed by atoms with Gasteiger partial charge in [-0.3, -0.25) is 4.79 Å². The summed E-state index contributed by atoms with van der Waals surface area (Å²) in [5.41, 5.74) is 0.909. The van der Waals surface area contributed by atoms with Crippen LogP contribution in [0, 0.1) is 5.92 Å². The number of benzene rings is 1. The Morgan fingerprint density at radius 3 is 2.39 bits per heavy atom. The van der Waals surface area contributed by atoms with Crippen LogP contribution in [0.5, 0.6) is 0 Å². The average Bonchev–Trinajstić information content (AvgIpc) is 2.82. The number of amides is 1. The Morgan fingerprint density at radius 1 is 1.13 bits per heavy atom. The molecule has 0 heterocycles. The SMILES string of the molecule is O=C(O)CC(NC(=O)OCc1ccccc1)C1CCCCCC1. The molecule has 0 bridgehead atoms. The third-order valence-electron chi connectivity index (χ3n) is 4.38. The van der Waals surface area contributed by atoms with Crippen LogP contribution in [-0.2, 0) is 16.1 Å². The average molecular weight is 319 g/mol. The molecule has 1 fully saturated rings. The van der Waals surface area contributed by atoms with Crippen LogP contribution < -0.4 is 5.32 Å². The van der Waals surface area contributed by atoms with Crippen LogP contribution in [0.25, 0.3) is 0 Å². The Bertz CT molecular complexity index is 495. The van der Waals surface area contributed by atoms with Crippen molar-refractivity contribution >= 4 is 12.1 Å². The molecule has 1 aromatic carbocycles. The summed E-state index contributed by atoms with van der Waals surface area (Å²) >= 11 is 0. The van der Waals surface area contributed by atoms with Gasteiger partial charge in [0.2, 0.25) is 0 Å². The summed E-state index contributed by atoms with van der Waals surface area (Å²) in [4.78, 5) is 23.1. The molecular weight excluding hydrogens is 294 g/mol. The summed E-state index contributed by atoms with van der Waals surface area (Å²) in [6.07, 6.45) is 5.93. The molecule has 5 nitrogen and oxygen atoms in total. The number of carbonyl (C=O) groups excluding carboxylic acids is 1. The molecular formula is C18H25NO4. The normalized spacial score (nSPS) is 17.0. The number of nitrogens with one attached hydrogen (secondary N) is 1. The van der Waals surface area contributed by atoms with Gasteiger partial charge in [-0.25, -0.2) is 4.79 Å². The Morgan fingerprint density at radius 2 is 1.78 bits per heavy atom. The van der Waals surface area contributed by atoms with E-state index in [1.807, 2.05) is 30.3 Å². The number of carboxylic acids is 1. The monoisotopic (exact) mass is 319 g/mol. The lowest BCUT2D eigenvalue weighted by Gasteiger charge is -2.25. The van der Waals surface area contributed by atoms with Crippen LogP contribution >= 0.6 is 0 Å². The zero-order valence-electron chi connectivity index (χ0n) is 13.4. The number of rotatable bonds is 6. The highest BCUT2D eigenvalue weighted by Gasteiger charge is 2.26. The molecule has 1 amide bonds. The minimum Gasteiger partial charge on any atom is -0.481 e. The van der Waals surface area contributed by atoms with Gasteiger partial charge in [-0.1, -0.05) is 56.0 Å². The quantitative estimate of drug-likeness (QED) is 0.783. The van der Waals surface area contributed by atoms with Crippen molar-refractivity contribution in [3.05, 3.63) is 35.9 Å². The zero-order valence-corrected chi connectivity index (χ0v) is 13.4. The molecule has 2 N–H and O–H groups in total. The van der Waals surface area contributed by atoms with Crippen LogP contribution in [0.4, 0.5) is 4.79 Å². The van der Waals surface area contributed by atoms with Gasteiger partial charge in [-0.15, -0.1) is 0 Å². The van der Waals surface area contributed by atoms with Gasteiger partial charge in [0, 0.05) is 6.04 Å². The summed E-state index contributed by atoms with van der Waals surface area (Å²) in [5, 5.41) is 11.9. The molecule has 1 atom stereocenters. The first kappa shape index (κ1) is 17.3. The van der Waals surface area contributed by atoms with E-state index in [9.17, 15) is 9.59 Å². The van der Waals surface area contributed by atoms with Gasteiger partial charge < -0.3 is 15.2 Å². The molecule has 1 aliphatic rings. The fourth-order valence-corrected chi connectivity index (χ4v) is 3.15. The molecule has 1 unspecified atom stereocenters. The van der Waals surface area contributed by atoms with Gasteiger partial charge in [-0.05, 0) is 24.3 Å². The van der Waals surface area contributed by atoms with E-state index >= 15 is 0 Å². The lowest BCUT2D eigenvalue weighted by Crippen LogP contribution is -2.42. The third kappa shape index (κ3) is 6.30. The van der Waals surface area contributed by atoms with E-state index in [1.54, 1.807) is 0 Å². The number of carboxylic acid groups (broad SMARTS) is 1. The van der Waals surface area contributed by atoms with E-state index in [4.69, 9.17) is 9.84 Å². The predicted octanol–water partition coefficient (Wildman–Crippen LogP) is 3.73. The molecule has 0 spiro atoms. The molecule has 1 saturated carbocycles. The van der Waals surface area contributed by atoms with E-state index in [0.29, 0.717) is 0 Å². The Kier molecular flexibility index (Phi) is 6.91. The maximum Gasteiger partial charge on any atom is 0.407 e. The maximum absolute atomic E-state index is 12.0. The van der Waals surface area contributed by atoms with Crippen LogP contribution in [0.3, 0.4) is 0 Å². The van der Waals surface area contributed by atoms with Crippen molar-refractivity contribution in [2.24, 2.45) is 5.92 Å². The van der Waals surface area contributed by atoms with Crippen molar-refractivity contribution in [2.45, 2.75) is 57.6 Å². The van der Waals surface area contributed by atoms with Gasteiger partial charge in [0.1, 0.15) is 6.61 Å². The fraction of sp³-hybridized carbons (Fsp3) is 0.556. The van der Waals surface area contributed by atoms with Gasteiger partial charge in [0.15, 0.2) is 0 Å². The minimum atomic E-state index is -0.886. The van der Waals surface area contributed by atoms with Crippen molar-refractivity contribution in [3.63, 3.8) is 0 Å². The van der Waals surface area contributed by atoms with E-state index in [0.717, 1.165) is 31.2 Å². The molecule has 126 valence electrons. The summed E-state index contributed by atoms with van der Waals surface area (Å²) in [5.74, 6) is -0.666. The lowest BCUT2D eigenvalue weighted by atomic mass is 9.90. The minimum absolute atomic E-state index is 0.0505. The van der Waals surface area contributed by atoms with Crippen molar-refractivity contribution in [2.75, 3.05) is 0 Å². The lowest BCUT2D eigenvalue weighted by molar-refractivity contribution is -0.137. The van der Waals surface area contributed by atoms with Crippen molar-refractivity contribution in [1.29, 1.82) is 0 Å². The van der Waals surface area contributed by atoms with Crippen LogP contribution in [-0.4, -0.2) is 23.2 Å². The summed E-state index contributed by atoms with van der Waals surface area (Å²) in [6.45, 7) is 0.192. The molecule has 23 heavy (non-hydrogen) atoms. The highest BCUT2D eigenvalue weighted by Crippen LogP contribution is 2.27. The molecule has 5 heteroatoms. The predicted molar refractivity (Wildman–Crippen MR) is 87.0 cm³/mol. The summed E-state index contributed by atoms with van der Waals surface area (Å²) < 4.78 is 5.22. The number of alkyl carbamates (subject to hydrolysis) is 1. The molecule has 2 rings (SSSR count). The molecule has 1 aromatic rings.